The first-order valence-electron chi connectivity index (χ1n) is 11.1. The van der Waals surface area contributed by atoms with Gasteiger partial charge in [0, 0.05) is 31.6 Å². The lowest BCUT2D eigenvalue weighted by molar-refractivity contribution is -0.00517. The highest BCUT2D eigenvalue weighted by molar-refractivity contribution is 5.93. The van der Waals surface area contributed by atoms with Gasteiger partial charge in [0.05, 0.1) is 29.3 Å². The molecule has 0 unspecified atom stereocenters. The molecule has 168 valence electrons. The molecule has 2 aromatic carbocycles. The van der Waals surface area contributed by atoms with Crippen LogP contribution in [0.2, 0.25) is 0 Å². The van der Waals surface area contributed by atoms with Gasteiger partial charge in [-0.1, -0.05) is 30.3 Å². The van der Waals surface area contributed by atoms with Crippen LogP contribution in [0.25, 0.3) is 11.5 Å². The van der Waals surface area contributed by atoms with Gasteiger partial charge in [0.2, 0.25) is 5.89 Å². The van der Waals surface area contributed by atoms with Crippen molar-refractivity contribution < 1.29 is 13.9 Å². The first-order valence-corrected chi connectivity index (χ1v) is 11.1. The molecule has 1 fully saturated rings. The van der Waals surface area contributed by atoms with Crippen LogP contribution in [0.1, 0.15) is 25.3 Å². The van der Waals surface area contributed by atoms with E-state index in [9.17, 15) is 4.79 Å². The summed E-state index contributed by atoms with van der Waals surface area (Å²) in [6, 6.07) is 17.4. The number of benzene rings is 2. The maximum absolute atomic E-state index is 12.6. The summed E-state index contributed by atoms with van der Waals surface area (Å²) in [5.74, 6) is 1.37. The fraction of sp³-hybridized carbons (Fsp3) is 0.360. The van der Waals surface area contributed by atoms with Gasteiger partial charge in [-0.05, 0) is 45.0 Å². The van der Waals surface area contributed by atoms with E-state index in [2.05, 4.69) is 34.4 Å². The second kappa shape index (κ2) is 9.87. The smallest absolute Gasteiger partial charge is 0.319 e. The standard InChI is InChI=1S/C25H30N4O3/c1-17-15-29(16-18(2)31-17)23-12-8-7-11-22(23)28-25(30)26-14-13-21-19(3)32-24(27-21)20-9-5-4-6-10-20/h4-12,17-18H,13-16H2,1-3H3,(H2,26,28,30)/t17-,18-/m0/s1. The van der Waals surface area contributed by atoms with Crippen molar-refractivity contribution in [1.82, 2.24) is 10.3 Å². The zero-order valence-electron chi connectivity index (χ0n) is 18.8. The van der Waals surface area contributed by atoms with E-state index >= 15 is 0 Å². The minimum Gasteiger partial charge on any atom is -0.441 e. The second-order valence-electron chi connectivity index (χ2n) is 8.20. The van der Waals surface area contributed by atoms with Crippen LogP contribution in [0, 0.1) is 6.92 Å². The van der Waals surface area contributed by atoms with E-state index in [0.29, 0.717) is 18.9 Å². The fourth-order valence-corrected chi connectivity index (χ4v) is 4.05. The Labute approximate surface area is 188 Å². The van der Waals surface area contributed by atoms with Crippen molar-refractivity contribution in [3.8, 4) is 11.5 Å². The highest BCUT2D eigenvalue weighted by Gasteiger charge is 2.24. The Bertz CT molecular complexity index is 1040. The maximum atomic E-state index is 12.6. The van der Waals surface area contributed by atoms with Crippen molar-refractivity contribution in [1.29, 1.82) is 0 Å². The van der Waals surface area contributed by atoms with E-state index in [-0.39, 0.29) is 18.2 Å². The molecule has 1 aromatic heterocycles. The zero-order chi connectivity index (χ0) is 22.5. The highest BCUT2D eigenvalue weighted by Crippen LogP contribution is 2.28. The fourth-order valence-electron chi connectivity index (χ4n) is 4.05. The molecule has 3 aromatic rings. The second-order valence-corrected chi connectivity index (χ2v) is 8.20. The number of nitrogens with one attached hydrogen (secondary N) is 2. The quantitative estimate of drug-likeness (QED) is 0.591. The topological polar surface area (TPSA) is 79.6 Å². The number of nitrogens with zero attached hydrogens (tertiary/aromatic N) is 2. The van der Waals surface area contributed by atoms with Gasteiger partial charge in [0.15, 0.2) is 0 Å². The lowest BCUT2D eigenvalue weighted by atomic mass is 10.1. The number of carbonyl (C=O) groups excluding carboxylic acids is 1. The highest BCUT2D eigenvalue weighted by atomic mass is 16.5. The maximum Gasteiger partial charge on any atom is 0.319 e. The molecule has 4 rings (SSSR count). The molecule has 1 aliphatic heterocycles. The van der Waals surface area contributed by atoms with Crippen molar-refractivity contribution in [3.63, 3.8) is 0 Å². The average Bonchev–Trinajstić information content (AvgIpc) is 3.14. The molecule has 0 radical (unpaired) electrons. The molecule has 1 saturated heterocycles. The normalized spacial score (nSPS) is 18.4. The number of oxazole rings is 1. The molecule has 0 aliphatic carbocycles. The van der Waals surface area contributed by atoms with Crippen LogP contribution < -0.4 is 15.5 Å². The van der Waals surface area contributed by atoms with Crippen molar-refractivity contribution in [2.75, 3.05) is 29.9 Å². The Balaban J connectivity index is 1.34. The van der Waals surface area contributed by atoms with Crippen molar-refractivity contribution >= 4 is 17.4 Å². The number of anilines is 2. The number of carbonyl (C=O) groups is 1. The molecule has 2 heterocycles. The monoisotopic (exact) mass is 434 g/mol. The number of ether oxygens (including phenoxy) is 1. The van der Waals surface area contributed by atoms with Crippen LogP contribution in [0.4, 0.5) is 16.2 Å². The van der Waals surface area contributed by atoms with Crippen molar-refractivity contribution in [2.45, 2.75) is 39.4 Å². The third-order valence-corrected chi connectivity index (χ3v) is 5.47. The first kappa shape index (κ1) is 21.9. The summed E-state index contributed by atoms with van der Waals surface area (Å²) < 4.78 is 11.6. The number of aromatic nitrogens is 1. The van der Waals surface area contributed by atoms with Gasteiger partial charge in [-0.15, -0.1) is 0 Å². The molecule has 1 aliphatic rings. The third-order valence-electron chi connectivity index (χ3n) is 5.47. The summed E-state index contributed by atoms with van der Waals surface area (Å²) in [6.45, 7) is 8.08. The lowest BCUT2D eigenvalue weighted by Gasteiger charge is -2.37. The third kappa shape index (κ3) is 5.29. The van der Waals surface area contributed by atoms with Crippen molar-refractivity contribution in [2.24, 2.45) is 0 Å². The van der Waals surface area contributed by atoms with E-state index < -0.39 is 0 Å². The number of aryl methyl sites for hydroxylation is 1. The van der Waals surface area contributed by atoms with E-state index in [4.69, 9.17) is 9.15 Å². The molecule has 32 heavy (non-hydrogen) atoms. The van der Waals surface area contributed by atoms with Crippen LogP contribution in [0.5, 0.6) is 0 Å². The van der Waals surface area contributed by atoms with Gasteiger partial charge in [-0.25, -0.2) is 9.78 Å². The lowest BCUT2D eigenvalue weighted by Crippen LogP contribution is -2.45. The van der Waals surface area contributed by atoms with Crippen LogP contribution in [0.15, 0.2) is 59.0 Å². The number of hydrogen-bond donors (Lipinski definition) is 2. The minimum absolute atomic E-state index is 0.145. The van der Waals surface area contributed by atoms with Crippen molar-refractivity contribution in [3.05, 3.63) is 66.1 Å². The molecule has 7 nitrogen and oxygen atoms in total. The Morgan fingerprint density at radius 2 is 1.75 bits per heavy atom. The van der Waals surface area contributed by atoms with E-state index in [1.165, 1.54) is 0 Å². The predicted molar refractivity (Wildman–Crippen MR) is 126 cm³/mol. The number of urea groups is 1. The summed E-state index contributed by atoms with van der Waals surface area (Å²) >= 11 is 0. The molecule has 0 spiro atoms. The van der Waals surface area contributed by atoms with E-state index in [1.807, 2.05) is 61.5 Å². The molecule has 2 atom stereocenters. The molecule has 0 bridgehead atoms. The SMILES string of the molecule is Cc1oc(-c2ccccc2)nc1CCNC(=O)Nc1ccccc1N1C[C@H](C)O[C@@H](C)C1. The molecular weight excluding hydrogens is 404 g/mol. The van der Waals surface area contributed by atoms with Gasteiger partial charge >= 0.3 is 6.03 Å². The summed E-state index contributed by atoms with van der Waals surface area (Å²) in [7, 11) is 0. The minimum atomic E-state index is -0.240. The van der Waals surface area contributed by atoms with Gasteiger partial charge in [0.25, 0.3) is 0 Å². The zero-order valence-corrected chi connectivity index (χ0v) is 18.8. The summed E-state index contributed by atoms with van der Waals surface area (Å²) in [4.78, 5) is 19.4. The Morgan fingerprint density at radius 3 is 2.50 bits per heavy atom. The van der Waals surface area contributed by atoms with Crippen LogP contribution in [-0.4, -0.2) is 42.9 Å². The molecule has 2 N–H and O–H groups in total. The summed E-state index contributed by atoms with van der Waals surface area (Å²) in [6.07, 6.45) is 0.884. The summed E-state index contributed by atoms with van der Waals surface area (Å²) in [5, 5.41) is 5.92. The Morgan fingerprint density at radius 1 is 1.06 bits per heavy atom. The number of rotatable bonds is 6. The van der Waals surface area contributed by atoms with Gasteiger partial charge in [-0.3, -0.25) is 0 Å². The van der Waals surface area contributed by atoms with Crippen LogP contribution in [-0.2, 0) is 11.2 Å². The average molecular weight is 435 g/mol. The van der Waals surface area contributed by atoms with Gasteiger partial charge in [-0.2, -0.15) is 0 Å². The first-order chi connectivity index (χ1) is 15.5. The van der Waals surface area contributed by atoms with Crippen LogP contribution >= 0.6 is 0 Å². The number of para-hydroxylation sites is 2. The predicted octanol–water partition coefficient (Wildman–Crippen LogP) is 4.63. The summed E-state index contributed by atoms with van der Waals surface area (Å²) in [5.41, 5.74) is 3.58. The van der Waals surface area contributed by atoms with Gasteiger partial charge < -0.3 is 24.7 Å². The van der Waals surface area contributed by atoms with E-state index in [1.54, 1.807) is 0 Å². The molecule has 7 heteroatoms. The molecule has 2 amide bonds. The largest absolute Gasteiger partial charge is 0.441 e. The van der Waals surface area contributed by atoms with E-state index in [0.717, 1.165) is 41.5 Å². The Hall–Kier alpha value is -3.32. The molecule has 0 saturated carbocycles. The number of amides is 2. The number of hydrogen-bond acceptors (Lipinski definition) is 5. The Kier molecular flexibility index (Phi) is 6.75. The number of morpholine rings is 1. The molecular formula is C25H30N4O3. The van der Waals surface area contributed by atoms with Gasteiger partial charge in [0.1, 0.15) is 5.76 Å². The van der Waals surface area contributed by atoms with Crippen LogP contribution in [0.3, 0.4) is 0 Å².